The summed E-state index contributed by atoms with van der Waals surface area (Å²) < 4.78 is 5.04. The molecule has 2 aliphatic rings. The minimum atomic E-state index is -0.390. The van der Waals surface area contributed by atoms with Crippen LogP contribution in [0.25, 0.3) is 0 Å². The summed E-state index contributed by atoms with van der Waals surface area (Å²) in [4.78, 5) is 26.5. The van der Waals surface area contributed by atoms with Gasteiger partial charge in [-0.25, -0.2) is 4.79 Å². The first-order valence-electron chi connectivity index (χ1n) is 7.75. The number of ether oxygens (including phenoxy) is 1. The number of methoxy groups -OCH3 is 1. The van der Waals surface area contributed by atoms with Gasteiger partial charge >= 0.3 is 6.03 Å². The maximum absolute atomic E-state index is 12.7. The van der Waals surface area contributed by atoms with Crippen molar-refractivity contribution in [3.63, 3.8) is 0 Å². The molecule has 0 radical (unpaired) electrons. The van der Waals surface area contributed by atoms with E-state index in [1.54, 1.807) is 12.0 Å². The minimum absolute atomic E-state index is 0.0184. The van der Waals surface area contributed by atoms with Crippen molar-refractivity contribution in [1.82, 2.24) is 15.5 Å². The first-order chi connectivity index (χ1) is 11.1. The Labute approximate surface area is 135 Å². The van der Waals surface area contributed by atoms with Gasteiger partial charge in [0.25, 0.3) is 5.91 Å². The van der Waals surface area contributed by atoms with E-state index in [9.17, 15) is 9.59 Å². The van der Waals surface area contributed by atoms with Crippen LogP contribution in [-0.4, -0.2) is 43.6 Å². The summed E-state index contributed by atoms with van der Waals surface area (Å²) in [7, 11) is 1.65. The number of nitrogens with zero attached hydrogens (tertiary/aromatic N) is 1. The van der Waals surface area contributed by atoms with Gasteiger partial charge in [0.05, 0.1) is 23.9 Å². The third-order valence-electron chi connectivity index (χ3n) is 4.17. The Balaban J connectivity index is 1.86. The highest BCUT2D eigenvalue weighted by atomic mass is 16.5. The van der Waals surface area contributed by atoms with Crippen molar-refractivity contribution in [2.45, 2.75) is 19.4 Å². The second-order valence-corrected chi connectivity index (χ2v) is 5.91. The fourth-order valence-electron chi connectivity index (χ4n) is 3.11. The van der Waals surface area contributed by atoms with Crippen LogP contribution in [0.1, 0.15) is 23.6 Å². The molecular formula is C17H21N3O3. The zero-order valence-corrected chi connectivity index (χ0v) is 13.4. The van der Waals surface area contributed by atoms with Crippen LogP contribution in [0.4, 0.5) is 4.79 Å². The summed E-state index contributed by atoms with van der Waals surface area (Å²) in [5, 5.41) is 5.65. The molecule has 2 N–H and O–H groups in total. The smallest absolute Gasteiger partial charge is 0.319 e. The predicted octanol–water partition coefficient (Wildman–Crippen LogP) is 1.48. The maximum Gasteiger partial charge on any atom is 0.319 e. The Kier molecular flexibility index (Phi) is 4.34. The normalized spacial score (nSPS) is 20.4. The van der Waals surface area contributed by atoms with Gasteiger partial charge in [-0.1, -0.05) is 29.8 Å². The largest absolute Gasteiger partial charge is 0.385 e. The molecule has 3 rings (SSSR count). The van der Waals surface area contributed by atoms with E-state index in [0.29, 0.717) is 31.0 Å². The number of benzene rings is 1. The first-order valence-corrected chi connectivity index (χ1v) is 7.75. The second kappa shape index (κ2) is 6.42. The number of rotatable bonds is 5. The molecule has 6 heteroatoms. The minimum Gasteiger partial charge on any atom is -0.385 e. The molecule has 0 spiro atoms. The average Bonchev–Trinajstić information content (AvgIpc) is 2.83. The molecule has 1 aromatic carbocycles. The summed E-state index contributed by atoms with van der Waals surface area (Å²) >= 11 is 0. The molecule has 2 aliphatic heterocycles. The molecule has 23 heavy (non-hydrogen) atoms. The fourth-order valence-corrected chi connectivity index (χ4v) is 3.11. The number of hydrogen-bond donors (Lipinski definition) is 2. The Morgan fingerprint density at radius 2 is 2.17 bits per heavy atom. The highest BCUT2D eigenvalue weighted by Crippen LogP contribution is 2.32. The molecule has 0 fully saturated rings. The van der Waals surface area contributed by atoms with Crippen molar-refractivity contribution >= 4 is 11.9 Å². The number of carbonyl (C=O) groups is 2. The van der Waals surface area contributed by atoms with Crippen LogP contribution in [0, 0.1) is 6.92 Å². The summed E-state index contributed by atoms with van der Waals surface area (Å²) in [6.07, 6.45) is 0.777. The van der Waals surface area contributed by atoms with Crippen molar-refractivity contribution in [3.05, 3.63) is 46.7 Å². The van der Waals surface area contributed by atoms with Gasteiger partial charge in [0, 0.05) is 20.3 Å². The van der Waals surface area contributed by atoms with Crippen molar-refractivity contribution in [2.24, 2.45) is 0 Å². The highest BCUT2D eigenvalue weighted by Gasteiger charge is 2.40. The lowest BCUT2D eigenvalue weighted by Crippen LogP contribution is -2.44. The molecule has 6 nitrogen and oxygen atoms in total. The zero-order valence-electron chi connectivity index (χ0n) is 13.4. The standard InChI is InChI=1S/C17H21N3O3/c1-11-5-3-6-12(9-11)15-14-13(18-17(22)19-15)10-20(16(14)21)7-4-8-23-2/h3,5-6,9,15H,4,7-8,10H2,1-2H3,(H2,18,19,22)/t15-/m1/s1. The van der Waals surface area contributed by atoms with Crippen LogP contribution in [0.15, 0.2) is 35.5 Å². The predicted molar refractivity (Wildman–Crippen MR) is 85.7 cm³/mol. The van der Waals surface area contributed by atoms with E-state index in [-0.39, 0.29) is 11.9 Å². The summed E-state index contributed by atoms with van der Waals surface area (Å²) in [5.74, 6) is -0.0184. The molecule has 2 heterocycles. The van der Waals surface area contributed by atoms with E-state index in [4.69, 9.17) is 4.74 Å². The Hall–Kier alpha value is -2.34. The topological polar surface area (TPSA) is 70.7 Å². The zero-order chi connectivity index (χ0) is 16.4. The van der Waals surface area contributed by atoms with Crippen LogP contribution < -0.4 is 10.6 Å². The van der Waals surface area contributed by atoms with Gasteiger partial charge in [-0.2, -0.15) is 0 Å². The molecule has 0 unspecified atom stereocenters. The number of nitrogens with one attached hydrogen (secondary N) is 2. The molecular weight excluding hydrogens is 294 g/mol. The van der Waals surface area contributed by atoms with Crippen LogP contribution in [0.3, 0.4) is 0 Å². The second-order valence-electron chi connectivity index (χ2n) is 5.91. The van der Waals surface area contributed by atoms with Crippen LogP contribution in [0.2, 0.25) is 0 Å². The van der Waals surface area contributed by atoms with Gasteiger partial charge in [-0.05, 0) is 18.9 Å². The summed E-state index contributed by atoms with van der Waals surface area (Å²) in [6, 6.07) is 7.22. The van der Waals surface area contributed by atoms with Crippen LogP contribution >= 0.6 is 0 Å². The lowest BCUT2D eigenvalue weighted by Gasteiger charge is -2.25. The fraction of sp³-hybridized carbons (Fsp3) is 0.412. The third kappa shape index (κ3) is 3.07. The molecule has 0 aliphatic carbocycles. The summed E-state index contributed by atoms with van der Waals surface area (Å²) in [5.41, 5.74) is 3.38. The lowest BCUT2D eigenvalue weighted by atomic mass is 9.95. The number of carbonyl (C=O) groups excluding carboxylic acids is 2. The highest BCUT2D eigenvalue weighted by molar-refractivity contribution is 6.01. The number of aryl methyl sites for hydroxylation is 1. The molecule has 122 valence electrons. The SMILES string of the molecule is COCCCN1CC2=C(C1=O)[C@@H](c1cccc(C)c1)NC(=O)N2. The molecule has 0 bridgehead atoms. The lowest BCUT2D eigenvalue weighted by molar-refractivity contribution is -0.125. The maximum atomic E-state index is 12.7. The molecule has 0 aromatic heterocycles. The Morgan fingerprint density at radius 3 is 2.91 bits per heavy atom. The van der Waals surface area contributed by atoms with Gasteiger partial charge < -0.3 is 20.3 Å². The average molecular weight is 315 g/mol. The number of urea groups is 1. The van der Waals surface area contributed by atoms with Crippen molar-refractivity contribution in [3.8, 4) is 0 Å². The van der Waals surface area contributed by atoms with Crippen LogP contribution in [0.5, 0.6) is 0 Å². The van der Waals surface area contributed by atoms with E-state index < -0.39 is 6.04 Å². The molecule has 1 aromatic rings. The van der Waals surface area contributed by atoms with Gasteiger partial charge in [0.1, 0.15) is 0 Å². The van der Waals surface area contributed by atoms with E-state index in [2.05, 4.69) is 10.6 Å². The first kappa shape index (κ1) is 15.6. The van der Waals surface area contributed by atoms with Gasteiger partial charge in [-0.3, -0.25) is 4.79 Å². The number of hydrogen-bond acceptors (Lipinski definition) is 3. The van der Waals surface area contributed by atoms with E-state index in [1.807, 2.05) is 31.2 Å². The monoisotopic (exact) mass is 315 g/mol. The van der Waals surface area contributed by atoms with Gasteiger partial charge in [0.15, 0.2) is 0 Å². The molecule has 3 amide bonds. The molecule has 0 saturated carbocycles. The Morgan fingerprint density at radius 1 is 1.35 bits per heavy atom. The van der Waals surface area contributed by atoms with Gasteiger partial charge in [-0.15, -0.1) is 0 Å². The third-order valence-corrected chi connectivity index (χ3v) is 4.17. The van der Waals surface area contributed by atoms with Crippen molar-refractivity contribution < 1.29 is 14.3 Å². The Bertz CT molecular complexity index is 669. The van der Waals surface area contributed by atoms with E-state index in [1.165, 1.54) is 0 Å². The van der Waals surface area contributed by atoms with E-state index in [0.717, 1.165) is 17.5 Å². The quantitative estimate of drug-likeness (QED) is 0.809. The van der Waals surface area contributed by atoms with Crippen LogP contribution in [-0.2, 0) is 9.53 Å². The van der Waals surface area contributed by atoms with Gasteiger partial charge in [0.2, 0.25) is 0 Å². The van der Waals surface area contributed by atoms with E-state index >= 15 is 0 Å². The molecule has 1 atom stereocenters. The van der Waals surface area contributed by atoms with Crippen molar-refractivity contribution in [1.29, 1.82) is 0 Å². The number of amides is 3. The van der Waals surface area contributed by atoms with Crippen molar-refractivity contribution in [2.75, 3.05) is 26.8 Å². The molecule has 0 saturated heterocycles. The summed E-state index contributed by atoms with van der Waals surface area (Å²) in [6.45, 7) is 3.68.